The molecule has 0 spiro atoms. The van der Waals surface area contributed by atoms with Crippen molar-refractivity contribution >= 4 is 0 Å². The van der Waals surface area contributed by atoms with Crippen molar-refractivity contribution in [1.29, 1.82) is 0 Å². The van der Waals surface area contributed by atoms with Gasteiger partial charge in [0.2, 0.25) is 0 Å². The van der Waals surface area contributed by atoms with Crippen LogP contribution in [0.25, 0.3) is 0 Å². The van der Waals surface area contributed by atoms with Gasteiger partial charge in [0.25, 0.3) is 0 Å². The first-order valence-electron chi connectivity index (χ1n) is 7.76. The molecule has 4 nitrogen and oxygen atoms in total. The van der Waals surface area contributed by atoms with Gasteiger partial charge < -0.3 is 19.9 Å². The number of ether oxygens (including phenoxy) is 1. The number of hydrogen-bond donors (Lipinski definition) is 1. The highest BCUT2D eigenvalue weighted by molar-refractivity contribution is 5.40. The van der Waals surface area contributed by atoms with Gasteiger partial charge >= 0.3 is 0 Å². The highest BCUT2D eigenvalue weighted by Gasteiger charge is 2.31. The summed E-state index contributed by atoms with van der Waals surface area (Å²) in [5.74, 6) is 0.961. The van der Waals surface area contributed by atoms with E-state index in [0.717, 1.165) is 25.3 Å². The Morgan fingerprint density at radius 2 is 2.00 bits per heavy atom. The fourth-order valence-corrected chi connectivity index (χ4v) is 3.25. The first-order valence-corrected chi connectivity index (χ1v) is 7.76. The molecule has 2 rings (SSSR count). The maximum Gasteiger partial charge on any atom is 0.119 e. The zero-order chi connectivity index (χ0) is 15.4. The molecule has 0 amide bonds. The molecule has 0 saturated carbocycles. The molecule has 1 aliphatic carbocycles. The van der Waals surface area contributed by atoms with Crippen LogP contribution in [0.4, 0.5) is 0 Å². The van der Waals surface area contributed by atoms with Gasteiger partial charge in [-0.25, -0.2) is 0 Å². The molecule has 118 valence electrons. The summed E-state index contributed by atoms with van der Waals surface area (Å²) in [5.41, 5.74) is 2.84. The molecule has 1 aliphatic rings. The number of benzene rings is 1. The zero-order valence-electron chi connectivity index (χ0n) is 14.0. The van der Waals surface area contributed by atoms with Crippen molar-refractivity contribution in [2.24, 2.45) is 0 Å². The summed E-state index contributed by atoms with van der Waals surface area (Å²) in [6.07, 6.45) is 2.32. The lowest BCUT2D eigenvalue weighted by Gasteiger charge is -2.39. The van der Waals surface area contributed by atoms with E-state index in [1.165, 1.54) is 17.5 Å². The first-order chi connectivity index (χ1) is 10.1. The first kappa shape index (κ1) is 16.3. The fraction of sp³-hybridized carbons (Fsp3) is 0.647. The summed E-state index contributed by atoms with van der Waals surface area (Å²) in [6, 6.07) is 7.44. The van der Waals surface area contributed by atoms with Gasteiger partial charge in [-0.05, 0) is 64.3 Å². The van der Waals surface area contributed by atoms with E-state index in [-0.39, 0.29) is 0 Å². The number of aryl methyl sites for hydroxylation is 1. The lowest BCUT2D eigenvalue weighted by Crippen LogP contribution is -2.46. The van der Waals surface area contributed by atoms with E-state index < -0.39 is 0 Å². The van der Waals surface area contributed by atoms with Gasteiger partial charge in [0.1, 0.15) is 5.75 Å². The molecule has 0 radical (unpaired) electrons. The maximum absolute atomic E-state index is 5.35. The number of nitrogens with zero attached hydrogens (tertiary/aromatic N) is 2. The summed E-state index contributed by atoms with van der Waals surface area (Å²) >= 11 is 0. The van der Waals surface area contributed by atoms with Crippen molar-refractivity contribution in [3.63, 3.8) is 0 Å². The Morgan fingerprint density at radius 3 is 2.62 bits per heavy atom. The fourth-order valence-electron chi connectivity index (χ4n) is 3.25. The Hall–Kier alpha value is -1.10. The van der Waals surface area contributed by atoms with Crippen LogP contribution >= 0.6 is 0 Å². The summed E-state index contributed by atoms with van der Waals surface area (Å²) in [7, 11) is 10.3. The quantitative estimate of drug-likeness (QED) is 0.864. The van der Waals surface area contributed by atoms with Crippen LogP contribution in [0.15, 0.2) is 18.2 Å². The Labute approximate surface area is 129 Å². The van der Waals surface area contributed by atoms with Gasteiger partial charge in [0.15, 0.2) is 0 Å². The van der Waals surface area contributed by atoms with Gasteiger partial charge in [-0.2, -0.15) is 0 Å². The highest BCUT2D eigenvalue weighted by atomic mass is 16.5. The summed E-state index contributed by atoms with van der Waals surface area (Å²) in [6.45, 7) is 2.19. The number of nitrogens with one attached hydrogen (secondary N) is 1. The van der Waals surface area contributed by atoms with E-state index in [1.54, 1.807) is 7.11 Å². The monoisotopic (exact) mass is 291 g/mol. The molecule has 0 heterocycles. The van der Waals surface area contributed by atoms with Crippen LogP contribution in [-0.4, -0.2) is 64.2 Å². The number of rotatable bonds is 6. The molecular weight excluding hydrogens is 262 g/mol. The van der Waals surface area contributed by atoms with E-state index in [0.29, 0.717) is 12.1 Å². The third kappa shape index (κ3) is 3.76. The SMILES string of the molecule is CNC1c2ccc(OC)cc2CCC1N(C)CCN(C)C. The van der Waals surface area contributed by atoms with E-state index in [2.05, 4.69) is 61.5 Å². The molecule has 1 N–H and O–H groups in total. The largest absolute Gasteiger partial charge is 0.497 e. The normalized spacial score (nSPS) is 21.7. The van der Waals surface area contributed by atoms with Crippen molar-refractivity contribution < 1.29 is 4.74 Å². The number of likely N-dealkylation sites (N-methyl/N-ethyl adjacent to an activating group) is 3. The van der Waals surface area contributed by atoms with Crippen molar-refractivity contribution in [2.45, 2.75) is 24.9 Å². The molecular formula is C17H29N3O. The zero-order valence-corrected chi connectivity index (χ0v) is 14.0. The molecule has 2 unspecified atom stereocenters. The molecule has 21 heavy (non-hydrogen) atoms. The van der Waals surface area contributed by atoms with Crippen LogP contribution in [0.2, 0.25) is 0 Å². The maximum atomic E-state index is 5.35. The summed E-state index contributed by atoms with van der Waals surface area (Å²) in [4.78, 5) is 4.74. The topological polar surface area (TPSA) is 27.7 Å². The van der Waals surface area contributed by atoms with Crippen LogP contribution in [0.5, 0.6) is 5.75 Å². The van der Waals surface area contributed by atoms with E-state index in [1.807, 2.05) is 0 Å². The van der Waals surface area contributed by atoms with E-state index in [9.17, 15) is 0 Å². The lowest BCUT2D eigenvalue weighted by molar-refractivity contribution is 0.164. The van der Waals surface area contributed by atoms with Crippen LogP contribution in [0.3, 0.4) is 0 Å². The second kappa shape index (κ2) is 7.25. The second-order valence-electron chi connectivity index (χ2n) is 6.22. The Morgan fingerprint density at radius 1 is 1.24 bits per heavy atom. The molecule has 4 heteroatoms. The lowest BCUT2D eigenvalue weighted by atomic mass is 9.83. The molecule has 1 aromatic carbocycles. The van der Waals surface area contributed by atoms with Crippen LogP contribution in [-0.2, 0) is 6.42 Å². The van der Waals surface area contributed by atoms with Gasteiger partial charge in [0.05, 0.1) is 7.11 Å². The summed E-state index contributed by atoms with van der Waals surface area (Å²) in [5, 5.41) is 3.52. The standard InChI is InChI=1S/C17H29N3O/c1-18-17-15-8-7-14(21-5)12-13(15)6-9-16(17)20(4)11-10-19(2)3/h7-8,12,16-18H,6,9-11H2,1-5H3. The van der Waals surface area contributed by atoms with Gasteiger partial charge in [-0.3, -0.25) is 0 Å². The van der Waals surface area contributed by atoms with Crippen LogP contribution in [0, 0.1) is 0 Å². The second-order valence-corrected chi connectivity index (χ2v) is 6.22. The third-order valence-electron chi connectivity index (χ3n) is 4.56. The minimum Gasteiger partial charge on any atom is -0.497 e. The van der Waals surface area contributed by atoms with Crippen LogP contribution in [0.1, 0.15) is 23.6 Å². The molecule has 0 fully saturated rings. The molecule has 0 saturated heterocycles. The summed E-state index contributed by atoms with van der Waals surface area (Å²) < 4.78 is 5.35. The molecule has 0 aliphatic heterocycles. The van der Waals surface area contributed by atoms with Crippen molar-refractivity contribution in [3.8, 4) is 5.75 Å². The van der Waals surface area contributed by atoms with Gasteiger partial charge in [-0.15, -0.1) is 0 Å². The average molecular weight is 291 g/mol. The molecule has 0 aromatic heterocycles. The van der Waals surface area contributed by atoms with E-state index >= 15 is 0 Å². The third-order valence-corrected chi connectivity index (χ3v) is 4.56. The highest BCUT2D eigenvalue weighted by Crippen LogP contribution is 2.34. The molecule has 0 bridgehead atoms. The minimum atomic E-state index is 0.395. The Kier molecular flexibility index (Phi) is 5.62. The van der Waals surface area contributed by atoms with Gasteiger partial charge in [-0.1, -0.05) is 6.07 Å². The molecule has 1 aromatic rings. The van der Waals surface area contributed by atoms with Gasteiger partial charge in [0, 0.05) is 25.2 Å². The predicted octanol–water partition coefficient (Wildman–Crippen LogP) is 1.76. The van der Waals surface area contributed by atoms with Crippen molar-refractivity contribution in [1.82, 2.24) is 15.1 Å². The van der Waals surface area contributed by atoms with Crippen molar-refractivity contribution in [3.05, 3.63) is 29.3 Å². The Balaban J connectivity index is 2.15. The average Bonchev–Trinajstić information content (AvgIpc) is 2.50. The molecule has 2 atom stereocenters. The van der Waals surface area contributed by atoms with E-state index in [4.69, 9.17) is 4.74 Å². The smallest absolute Gasteiger partial charge is 0.119 e. The predicted molar refractivity (Wildman–Crippen MR) is 88.1 cm³/mol. The number of fused-ring (bicyclic) bond motifs is 1. The van der Waals surface area contributed by atoms with Crippen molar-refractivity contribution in [2.75, 3.05) is 48.4 Å². The minimum absolute atomic E-state index is 0.395. The number of methoxy groups -OCH3 is 1. The Bertz CT molecular complexity index is 461. The van der Waals surface area contributed by atoms with Crippen LogP contribution < -0.4 is 10.1 Å². The number of hydrogen-bond acceptors (Lipinski definition) is 4.